The molecule has 0 atom stereocenters. The highest BCUT2D eigenvalue weighted by atomic mass is 16.5. The average molecular weight is 252 g/mol. The summed E-state index contributed by atoms with van der Waals surface area (Å²) in [5.74, 6) is -0.156. The third kappa shape index (κ3) is 3.24. The summed E-state index contributed by atoms with van der Waals surface area (Å²) in [5, 5.41) is 0. The molecule has 4 nitrogen and oxygen atoms in total. The van der Waals surface area contributed by atoms with Gasteiger partial charge in [0, 0.05) is 0 Å². The lowest BCUT2D eigenvalue weighted by Crippen LogP contribution is -2.38. The zero-order chi connectivity index (χ0) is 12.8. The van der Waals surface area contributed by atoms with Crippen LogP contribution in [0.4, 0.5) is 0 Å². The Morgan fingerprint density at radius 3 is 1.72 bits per heavy atom. The Kier molecular flexibility index (Phi) is 4.61. The second-order valence-electron chi connectivity index (χ2n) is 5.53. The number of hydrogen-bond acceptors (Lipinski definition) is 3. The van der Waals surface area contributed by atoms with Crippen molar-refractivity contribution in [3.05, 3.63) is 0 Å². The average Bonchev–Trinajstić information content (AvgIpc) is 2.59. The molecule has 1 aliphatic carbocycles. The van der Waals surface area contributed by atoms with E-state index in [2.05, 4.69) is 4.99 Å². The lowest BCUT2D eigenvalue weighted by molar-refractivity contribution is -0.132. The van der Waals surface area contributed by atoms with Crippen LogP contribution in [-0.2, 0) is 9.53 Å². The second-order valence-corrected chi connectivity index (χ2v) is 5.53. The molecule has 1 amide bonds. The van der Waals surface area contributed by atoms with Crippen LogP contribution in [0.3, 0.4) is 0 Å². The van der Waals surface area contributed by atoms with Crippen molar-refractivity contribution in [1.29, 1.82) is 0 Å². The molecule has 0 unspecified atom stereocenters. The van der Waals surface area contributed by atoms with Gasteiger partial charge < -0.3 is 10.5 Å². The molecule has 0 bridgehead atoms. The van der Waals surface area contributed by atoms with Crippen LogP contribution in [0.15, 0.2) is 4.99 Å². The largest absolute Gasteiger partial charge is 0.448 e. The maximum absolute atomic E-state index is 12.0. The van der Waals surface area contributed by atoms with Crippen LogP contribution in [0.2, 0.25) is 0 Å². The van der Waals surface area contributed by atoms with Gasteiger partial charge in [0.05, 0.1) is 0 Å². The fourth-order valence-corrected chi connectivity index (χ4v) is 2.97. The molecule has 0 aromatic rings. The number of nitrogens with two attached hydrogens (primary N) is 1. The maximum Gasteiger partial charge on any atom is 0.294 e. The molecular weight excluding hydrogens is 228 g/mol. The van der Waals surface area contributed by atoms with E-state index in [1.807, 2.05) is 0 Å². The van der Waals surface area contributed by atoms with E-state index in [1.54, 1.807) is 0 Å². The first-order chi connectivity index (χ1) is 8.73. The SMILES string of the molecule is NC1=NC(=O)C2(CCCCCCCCCCC2)O1. The van der Waals surface area contributed by atoms with Gasteiger partial charge in [0.25, 0.3) is 11.9 Å². The fraction of sp³-hybridized carbons (Fsp3) is 0.857. The Bertz CT molecular complexity index is 314. The molecule has 2 rings (SSSR count). The van der Waals surface area contributed by atoms with Gasteiger partial charge in [-0.05, 0) is 25.7 Å². The van der Waals surface area contributed by atoms with Crippen LogP contribution in [0.25, 0.3) is 0 Å². The number of nitrogens with zero attached hydrogens (tertiary/aromatic N) is 1. The smallest absolute Gasteiger partial charge is 0.294 e. The Balaban J connectivity index is 1.96. The van der Waals surface area contributed by atoms with Gasteiger partial charge in [0.1, 0.15) is 0 Å². The molecule has 0 radical (unpaired) electrons. The number of hydrogen-bond donors (Lipinski definition) is 1. The minimum atomic E-state index is -0.719. The molecule has 18 heavy (non-hydrogen) atoms. The van der Waals surface area contributed by atoms with E-state index in [-0.39, 0.29) is 11.9 Å². The Morgan fingerprint density at radius 1 is 0.889 bits per heavy atom. The standard InChI is InChI=1S/C14H24N2O2/c15-13-16-12(17)14(18-13)10-8-6-4-2-1-3-5-7-9-11-14/h1-11H2,(H2,15,16,17). The summed E-state index contributed by atoms with van der Waals surface area (Å²) in [7, 11) is 0. The minimum absolute atomic E-state index is 0.0621. The van der Waals surface area contributed by atoms with Gasteiger partial charge >= 0.3 is 0 Å². The van der Waals surface area contributed by atoms with E-state index in [9.17, 15) is 4.79 Å². The summed E-state index contributed by atoms with van der Waals surface area (Å²) in [6.07, 6.45) is 12.5. The van der Waals surface area contributed by atoms with Crippen LogP contribution in [0, 0.1) is 0 Å². The van der Waals surface area contributed by atoms with Crippen LogP contribution < -0.4 is 5.73 Å². The van der Waals surface area contributed by atoms with Crippen molar-refractivity contribution >= 4 is 11.9 Å². The number of amidine groups is 1. The van der Waals surface area contributed by atoms with Gasteiger partial charge in [0.15, 0.2) is 5.60 Å². The van der Waals surface area contributed by atoms with E-state index in [0.717, 1.165) is 25.7 Å². The summed E-state index contributed by atoms with van der Waals surface area (Å²) in [4.78, 5) is 15.8. The van der Waals surface area contributed by atoms with Crippen molar-refractivity contribution in [3.8, 4) is 0 Å². The summed E-state index contributed by atoms with van der Waals surface area (Å²) >= 11 is 0. The van der Waals surface area contributed by atoms with Crippen LogP contribution in [-0.4, -0.2) is 17.5 Å². The lowest BCUT2D eigenvalue weighted by atomic mass is 9.88. The molecule has 102 valence electrons. The highest BCUT2D eigenvalue weighted by molar-refractivity contribution is 6.00. The molecule has 1 aliphatic heterocycles. The van der Waals surface area contributed by atoms with Crippen molar-refractivity contribution in [2.24, 2.45) is 10.7 Å². The number of aliphatic imine (C=N–C) groups is 1. The Labute approximate surface area is 109 Å². The zero-order valence-electron chi connectivity index (χ0n) is 11.1. The van der Waals surface area contributed by atoms with Crippen molar-refractivity contribution in [2.45, 2.75) is 76.2 Å². The van der Waals surface area contributed by atoms with Gasteiger partial charge in [-0.2, -0.15) is 4.99 Å². The van der Waals surface area contributed by atoms with E-state index < -0.39 is 5.60 Å². The summed E-state index contributed by atoms with van der Waals surface area (Å²) in [5.41, 5.74) is 4.83. The first-order valence-electron chi connectivity index (χ1n) is 7.31. The molecule has 0 aromatic carbocycles. The molecule has 4 heteroatoms. The normalized spacial score (nSPS) is 26.0. The summed E-state index contributed by atoms with van der Waals surface area (Å²) in [6.45, 7) is 0. The predicted molar refractivity (Wildman–Crippen MR) is 71.2 cm³/mol. The topological polar surface area (TPSA) is 64.7 Å². The van der Waals surface area contributed by atoms with E-state index in [4.69, 9.17) is 10.5 Å². The molecule has 2 aliphatic rings. The third-order valence-electron chi connectivity index (χ3n) is 4.06. The number of carbonyl (C=O) groups excluding carboxylic acids is 1. The van der Waals surface area contributed by atoms with Crippen molar-refractivity contribution < 1.29 is 9.53 Å². The third-order valence-corrected chi connectivity index (χ3v) is 4.06. The van der Waals surface area contributed by atoms with Crippen LogP contribution in [0.1, 0.15) is 70.6 Å². The highest BCUT2D eigenvalue weighted by Gasteiger charge is 2.44. The van der Waals surface area contributed by atoms with E-state index in [1.165, 1.54) is 44.9 Å². The maximum atomic E-state index is 12.0. The van der Waals surface area contributed by atoms with Gasteiger partial charge in [0.2, 0.25) is 0 Å². The Morgan fingerprint density at radius 2 is 1.33 bits per heavy atom. The Hall–Kier alpha value is -1.06. The van der Waals surface area contributed by atoms with E-state index >= 15 is 0 Å². The van der Waals surface area contributed by atoms with Crippen molar-refractivity contribution in [1.82, 2.24) is 0 Å². The van der Waals surface area contributed by atoms with E-state index in [0.29, 0.717) is 0 Å². The first kappa shape index (κ1) is 13.4. The quantitative estimate of drug-likeness (QED) is 0.721. The molecule has 0 saturated heterocycles. The fourth-order valence-electron chi connectivity index (χ4n) is 2.97. The highest BCUT2D eigenvalue weighted by Crippen LogP contribution is 2.32. The zero-order valence-corrected chi connectivity index (χ0v) is 11.1. The molecule has 1 saturated carbocycles. The molecule has 1 heterocycles. The molecule has 0 aromatic heterocycles. The van der Waals surface area contributed by atoms with Gasteiger partial charge in [-0.3, -0.25) is 4.79 Å². The second kappa shape index (κ2) is 6.21. The van der Waals surface area contributed by atoms with Gasteiger partial charge in [-0.25, -0.2) is 0 Å². The lowest BCUT2D eigenvalue weighted by Gasteiger charge is -2.26. The number of amides is 1. The molecule has 1 fully saturated rings. The minimum Gasteiger partial charge on any atom is -0.448 e. The summed E-state index contributed by atoms with van der Waals surface area (Å²) < 4.78 is 5.58. The number of carbonyl (C=O) groups is 1. The first-order valence-corrected chi connectivity index (χ1v) is 7.31. The summed E-state index contributed by atoms with van der Waals surface area (Å²) in [6, 6.07) is 0.0621. The van der Waals surface area contributed by atoms with Crippen molar-refractivity contribution in [2.75, 3.05) is 0 Å². The van der Waals surface area contributed by atoms with Crippen LogP contribution >= 0.6 is 0 Å². The number of ether oxygens (including phenoxy) is 1. The monoisotopic (exact) mass is 252 g/mol. The molecule has 2 N–H and O–H groups in total. The predicted octanol–water partition coefficient (Wildman–Crippen LogP) is 2.90. The molecule has 1 spiro atoms. The molecular formula is C14H24N2O2. The number of rotatable bonds is 0. The van der Waals surface area contributed by atoms with Gasteiger partial charge in [-0.15, -0.1) is 0 Å². The van der Waals surface area contributed by atoms with Crippen LogP contribution in [0.5, 0.6) is 0 Å². The van der Waals surface area contributed by atoms with Gasteiger partial charge in [-0.1, -0.05) is 44.9 Å². The van der Waals surface area contributed by atoms with Crippen molar-refractivity contribution in [3.63, 3.8) is 0 Å².